The van der Waals surface area contributed by atoms with Gasteiger partial charge in [0.1, 0.15) is 12.4 Å². The Morgan fingerprint density at radius 3 is 2.76 bits per heavy atom. The fraction of sp³-hybridized carbons (Fsp3) is 0.368. The van der Waals surface area contributed by atoms with Gasteiger partial charge in [-0.05, 0) is 56.0 Å². The van der Waals surface area contributed by atoms with Gasteiger partial charge in [-0.25, -0.2) is 9.37 Å². The molecule has 1 fully saturated rings. The Kier molecular flexibility index (Phi) is 5.48. The molecule has 0 aliphatic carbocycles. The van der Waals surface area contributed by atoms with Crippen LogP contribution in [0.3, 0.4) is 0 Å². The lowest BCUT2D eigenvalue weighted by Crippen LogP contribution is -2.36. The van der Waals surface area contributed by atoms with Crippen LogP contribution in [-0.2, 0) is 6.61 Å². The van der Waals surface area contributed by atoms with Crippen molar-refractivity contribution in [3.05, 3.63) is 59.0 Å². The largest absolute Gasteiger partial charge is 0.472 e. The summed E-state index contributed by atoms with van der Waals surface area (Å²) in [5, 5.41) is 13.1. The Morgan fingerprint density at radius 1 is 1.24 bits per heavy atom. The molecule has 1 aromatic heterocycles. The molecule has 6 heteroatoms. The lowest BCUT2D eigenvalue weighted by Gasteiger charge is -2.29. The van der Waals surface area contributed by atoms with Crippen LogP contribution >= 0.6 is 0 Å². The molecule has 0 spiro atoms. The zero-order chi connectivity index (χ0) is 17.6. The second-order valence-corrected chi connectivity index (χ2v) is 6.20. The van der Waals surface area contributed by atoms with E-state index in [0.717, 1.165) is 37.2 Å². The maximum absolute atomic E-state index is 13.3. The van der Waals surface area contributed by atoms with Gasteiger partial charge in [0.15, 0.2) is 5.84 Å². The molecule has 0 radical (unpaired) electrons. The summed E-state index contributed by atoms with van der Waals surface area (Å²) >= 11 is 0. The number of oxime groups is 1. The lowest BCUT2D eigenvalue weighted by atomic mass is 10.1. The number of amidine groups is 1. The van der Waals surface area contributed by atoms with Gasteiger partial charge in [0.2, 0.25) is 5.88 Å². The van der Waals surface area contributed by atoms with Crippen molar-refractivity contribution in [2.75, 3.05) is 13.1 Å². The molecule has 25 heavy (non-hydrogen) atoms. The number of hydrogen-bond donors (Lipinski definition) is 1. The van der Waals surface area contributed by atoms with E-state index in [-0.39, 0.29) is 12.4 Å². The van der Waals surface area contributed by atoms with Gasteiger partial charge in [-0.2, -0.15) is 0 Å². The predicted octanol–water partition coefficient (Wildman–Crippen LogP) is 3.73. The van der Waals surface area contributed by atoms with Crippen LogP contribution in [0.25, 0.3) is 0 Å². The average Bonchev–Trinajstić information content (AvgIpc) is 2.63. The molecule has 1 aliphatic rings. The topological polar surface area (TPSA) is 58.0 Å². The van der Waals surface area contributed by atoms with Crippen LogP contribution < -0.4 is 4.74 Å². The van der Waals surface area contributed by atoms with Crippen molar-refractivity contribution in [3.8, 4) is 5.88 Å². The van der Waals surface area contributed by atoms with E-state index < -0.39 is 0 Å². The van der Waals surface area contributed by atoms with Crippen molar-refractivity contribution < 1.29 is 14.3 Å². The second kappa shape index (κ2) is 7.96. The van der Waals surface area contributed by atoms with Gasteiger partial charge in [-0.1, -0.05) is 17.3 Å². The molecule has 132 valence electrons. The minimum atomic E-state index is -0.301. The Hall–Kier alpha value is -2.63. The lowest BCUT2D eigenvalue weighted by molar-refractivity contribution is 0.277. The summed E-state index contributed by atoms with van der Waals surface area (Å²) in [6.07, 6.45) is 3.32. The minimum Gasteiger partial charge on any atom is -0.472 e. The van der Waals surface area contributed by atoms with Gasteiger partial charge in [-0.3, -0.25) is 0 Å². The van der Waals surface area contributed by atoms with Crippen LogP contribution in [0.5, 0.6) is 5.88 Å². The first-order valence-electron chi connectivity index (χ1n) is 8.49. The maximum Gasteiger partial charge on any atom is 0.225 e. The van der Waals surface area contributed by atoms with Crippen molar-refractivity contribution in [2.45, 2.75) is 32.8 Å². The molecule has 0 atom stereocenters. The van der Waals surface area contributed by atoms with Crippen molar-refractivity contribution in [1.82, 2.24) is 9.88 Å². The SMILES string of the molecule is Cc1ccc(/C(=N/O)N2CCCCC2)c(OCc2cccc(F)c2)n1. The third kappa shape index (κ3) is 4.26. The third-order valence-corrected chi connectivity index (χ3v) is 4.26. The summed E-state index contributed by atoms with van der Waals surface area (Å²) in [6, 6.07) is 9.98. The van der Waals surface area contributed by atoms with E-state index in [4.69, 9.17) is 4.74 Å². The Bertz CT molecular complexity index is 758. The standard InChI is InChI=1S/C19H22FN3O2/c1-14-8-9-17(18(22-24)23-10-3-2-4-11-23)19(21-14)25-13-15-6-5-7-16(20)12-15/h5-9,12,24H,2-4,10-11,13H2,1H3/b22-18-. The van der Waals surface area contributed by atoms with Crippen LogP contribution in [0.15, 0.2) is 41.6 Å². The maximum atomic E-state index is 13.3. The summed E-state index contributed by atoms with van der Waals surface area (Å²) < 4.78 is 19.2. The van der Waals surface area contributed by atoms with E-state index in [1.165, 1.54) is 18.6 Å². The molecule has 5 nitrogen and oxygen atoms in total. The van der Waals surface area contributed by atoms with Gasteiger partial charge >= 0.3 is 0 Å². The molecular formula is C19H22FN3O2. The first kappa shape index (κ1) is 17.2. The molecule has 0 unspecified atom stereocenters. The fourth-order valence-electron chi connectivity index (χ4n) is 2.98. The van der Waals surface area contributed by atoms with Crippen LogP contribution in [0, 0.1) is 12.7 Å². The zero-order valence-electron chi connectivity index (χ0n) is 14.3. The third-order valence-electron chi connectivity index (χ3n) is 4.26. The first-order valence-corrected chi connectivity index (χ1v) is 8.49. The number of nitrogens with zero attached hydrogens (tertiary/aromatic N) is 3. The number of benzene rings is 1. The number of rotatable bonds is 4. The van der Waals surface area contributed by atoms with Crippen LogP contribution in [0.4, 0.5) is 4.39 Å². The Balaban J connectivity index is 1.84. The highest BCUT2D eigenvalue weighted by atomic mass is 19.1. The van der Waals surface area contributed by atoms with E-state index in [2.05, 4.69) is 10.1 Å². The summed E-state index contributed by atoms with van der Waals surface area (Å²) in [4.78, 5) is 6.49. The highest BCUT2D eigenvalue weighted by Crippen LogP contribution is 2.22. The molecule has 2 aromatic rings. The molecule has 1 aromatic carbocycles. The Morgan fingerprint density at radius 2 is 2.04 bits per heavy atom. The van der Waals surface area contributed by atoms with Crippen LogP contribution in [0.2, 0.25) is 0 Å². The number of likely N-dealkylation sites (tertiary alicyclic amines) is 1. The molecular weight excluding hydrogens is 321 g/mol. The summed E-state index contributed by atoms with van der Waals surface area (Å²) in [7, 11) is 0. The molecule has 0 bridgehead atoms. The smallest absolute Gasteiger partial charge is 0.225 e. The monoisotopic (exact) mass is 343 g/mol. The number of piperidine rings is 1. The number of pyridine rings is 1. The predicted molar refractivity (Wildman–Crippen MR) is 93.5 cm³/mol. The van der Waals surface area contributed by atoms with E-state index in [0.29, 0.717) is 17.3 Å². The highest BCUT2D eigenvalue weighted by Gasteiger charge is 2.21. The molecule has 3 rings (SSSR count). The van der Waals surface area contributed by atoms with Gasteiger partial charge < -0.3 is 14.8 Å². The van der Waals surface area contributed by atoms with Crippen molar-refractivity contribution >= 4 is 5.84 Å². The van der Waals surface area contributed by atoms with Crippen LogP contribution in [-0.4, -0.2) is 34.0 Å². The normalized spacial score (nSPS) is 15.3. The summed E-state index contributed by atoms with van der Waals surface area (Å²) in [5.74, 6) is 0.563. The van der Waals surface area contributed by atoms with Gasteiger partial charge in [0.05, 0.1) is 5.56 Å². The molecule has 0 amide bonds. The van der Waals surface area contributed by atoms with Gasteiger partial charge in [0.25, 0.3) is 0 Å². The summed E-state index contributed by atoms with van der Waals surface area (Å²) in [5.41, 5.74) is 2.16. The molecule has 1 saturated heterocycles. The fourth-order valence-corrected chi connectivity index (χ4v) is 2.98. The highest BCUT2D eigenvalue weighted by molar-refractivity contribution is 6.00. The van der Waals surface area contributed by atoms with Crippen molar-refractivity contribution in [2.24, 2.45) is 5.16 Å². The van der Waals surface area contributed by atoms with Crippen molar-refractivity contribution in [3.63, 3.8) is 0 Å². The van der Waals surface area contributed by atoms with Crippen molar-refractivity contribution in [1.29, 1.82) is 0 Å². The molecule has 0 saturated carbocycles. The molecule has 1 N–H and O–H groups in total. The molecule has 2 heterocycles. The Labute approximate surface area is 146 Å². The van der Waals surface area contributed by atoms with E-state index in [1.807, 2.05) is 24.0 Å². The van der Waals surface area contributed by atoms with E-state index in [9.17, 15) is 9.60 Å². The zero-order valence-corrected chi connectivity index (χ0v) is 14.3. The number of aryl methyl sites for hydroxylation is 1. The van der Waals surface area contributed by atoms with Crippen LogP contribution in [0.1, 0.15) is 36.1 Å². The number of aromatic nitrogens is 1. The number of ether oxygens (including phenoxy) is 1. The average molecular weight is 343 g/mol. The summed E-state index contributed by atoms with van der Waals surface area (Å²) in [6.45, 7) is 3.75. The number of halogens is 1. The minimum absolute atomic E-state index is 0.194. The van der Waals surface area contributed by atoms with Gasteiger partial charge in [-0.15, -0.1) is 0 Å². The molecule has 1 aliphatic heterocycles. The van der Waals surface area contributed by atoms with E-state index >= 15 is 0 Å². The quantitative estimate of drug-likeness (QED) is 0.398. The number of hydrogen-bond acceptors (Lipinski definition) is 4. The van der Waals surface area contributed by atoms with Gasteiger partial charge in [0, 0.05) is 18.8 Å². The second-order valence-electron chi connectivity index (χ2n) is 6.20. The first-order chi connectivity index (χ1) is 12.2. The van der Waals surface area contributed by atoms with E-state index in [1.54, 1.807) is 12.1 Å².